The summed E-state index contributed by atoms with van der Waals surface area (Å²) in [7, 11) is 0. The van der Waals surface area contributed by atoms with Crippen molar-refractivity contribution in [2.75, 3.05) is 13.2 Å². The van der Waals surface area contributed by atoms with Gasteiger partial charge in [-0.25, -0.2) is 0 Å². The first-order chi connectivity index (χ1) is 12.0. The molecule has 0 spiro atoms. The number of aryl methyl sites for hydroxylation is 1. The molecule has 7 heteroatoms. The van der Waals surface area contributed by atoms with Crippen LogP contribution >= 0.6 is 0 Å². The molecule has 2 heterocycles. The Bertz CT molecular complexity index is 627. The van der Waals surface area contributed by atoms with E-state index in [0.29, 0.717) is 6.61 Å². The topological polar surface area (TPSA) is 105 Å². The lowest BCUT2D eigenvalue weighted by Gasteiger charge is -2.22. The minimum atomic E-state index is -0.584. The summed E-state index contributed by atoms with van der Waals surface area (Å²) in [5.41, 5.74) is 1.89. The summed E-state index contributed by atoms with van der Waals surface area (Å²) < 4.78 is 11.1. The zero-order valence-electron chi connectivity index (χ0n) is 14.1. The van der Waals surface area contributed by atoms with E-state index in [1.165, 1.54) is 5.56 Å². The van der Waals surface area contributed by atoms with E-state index < -0.39 is 6.10 Å². The molecule has 2 saturated heterocycles. The number of benzene rings is 1. The fourth-order valence-electron chi connectivity index (χ4n) is 3.55. The molecule has 1 saturated carbocycles. The molecule has 0 aromatic heterocycles. The molecule has 3 aliphatic rings. The third kappa shape index (κ3) is 3.40. The van der Waals surface area contributed by atoms with Crippen molar-refractivity contribution in [3.63, 3.8) is 0 Å². The number of hydrogen-bond donors (Lipinski definition) is 3. The second-order valence-corrected chi connectivity index (χ2v) is 6.80. The first-order valence-corrected chi connectivity index (χ1v) is 8.39. The molecule has 1 aromatic rings. The molecule has 1 aromatic carbocycles. The van der Waals surface area contributed by atoms with Gasteiger partial charge in [0.2, 0.25) is 5.91 Å². The lowest BCUT2D eigenvalue weighted by molar-refractivity contribution is -0.125. The predicted octanol–water partition coefficient (Wildman–Crippen LogP) is 0.371. The first kappa shape index (κ1) is 17.8. The van der Waals surface area contributed by atoms with Crippen LogP contribution in [0.15, 0.2) is 24.3 Å². The Morgan fingerprint density at radius 2 is 1.80 bits per heavy atom. The molecule has 1 amide bonds. The zero-order chi connectivity index (χ0) is 18.0. The van der Waals surface area contributed by atoms with Crippen LogP contribution < -0.4 is 5.32 Å². The maximum Gasteiger partial charge on any atom is 0.290 e. The summed E-state index contributed by atoms with van der Waals surface area (Å²) in [5, 5.41) is 19.7. The van der Waals surface area contributed by atoms with E-state index in [1.54, 1.807) is 0 Å². The number of carboxylic acid groups (broad SMARTS) is 1. The molecule has 1 aliphatic carbocycles. The van der Waals surface area contributed by atoms with Gasteiger partial charge >= 0.3 is 0 Å². The molecule has 0 unspecified atom stereocenters. The van der Waals surface area contributed by atoms with Crippen molar-refractivity contribution >= 4 is 12.4 Å². The highest BCUT2D eigenvalue weighted by Gasteiger charge is 2.54. The molecule has 4 rings (SSSR count). The van der Waals surface area contributed by atoms with E-state index in [4.69, 9.17) is 19.4 Å². The van der Waals surface area contributed by atoms with E-state index >= 15 is 0 Å². The van der Waals surface area contributed by atoms with Gasteiger partial charge in [0, 0.05) is 0 Å². The number of amides is 1. The highest BCUT2D eigenvalue weighted by Crippen LogP contribution is 2.48. The van der Waals surface area contributed by atoms with Gasteiger partial charge in [-0.1, -0.05) is 29.8 Å². The zero-order valence-corrected chi connectivity index (χ0v) is 14.1. The number of carbonyl (C=O) groups is 2. The number of ether oxygens (including phenoxy) is 2. The van der Waals surface area contributed by atoms with Crippen LogP contribution in [0.4, 0.5) is 0 Å². The van der Waals surface area contributed by atoms with Crippen molar-refractivity contribution in [3.8, 4) is 0 Å². The van der Waals surface area contributed by atoms with Gasteiger partial charge in [0.15, 0.2) is 0 Å². The molecule has 3 N–H and O–H groups in total. The van der Waals surface area contributed by atoms with Crippen LogP contribution in [0.5, 0.6) is 0 Å². The standard InChI is InChI=1S/C17H21NO4.CH2O2/c1-10-2-4-11(5-3-10)17(6-7-17)16(20)18-12-8-21-15-13(19)9-22-14(12)15;2-1-3/h2-5,12-15,19H,6-9H2,1H3,(H,18,20);1H,(H,2,3)/t12-,13-,14-,15-;/m1./s1. The van der Waals surface area contributed by atoms with Gasteiger partial charge in [-0.3, -0.25) is 9.59 Å². The van der Waals surface area contributed by atoms with Crippen LogP contribution in [-0.2, 0) is 24.5 Å². The van der Waals surface area contributed by atoms with E-state index in [2.05, 4.69) is 5.32 Å². The molecule has 25 heavy (non-hydrogen) atoms. The third-order valence-electron chi connectivity index (χ3n) is 5.13. The number of aliphatic hydroxyl groups excluding tert-OH is 1. The van der Waals surface area contributed by atoms with E-state index in [0.717, 1.165) is 18.4 Å². The van der Waals surface area contributed by atoms with Crippen molar-refractivity contribution in [1.82, 2.24) is 5.32 Å². The highest BCUT2D eigenvalue weighted by molar-refractivity contribution is 5.91. The predicted molar refractivity (Wildman–Crippen MR) is 88.2 cm³/mol. The van der Waals surface area contributed by atoms with Crippen molar-refractivity contribution < 1.29 is 29.3 Å². The number of nitrogens with one attached hydrogen (secondary N) is 1. The second kappa shape index (κ2) is 7.11. The van der Waals surface area contributed by atoms with Gasteiger partial charge in [-0.05, 0) is 25.3 Å². The Morgan fingerprint density at radius 1 is 1.20 bits per heavy atom. The van der Waals surface area contributed by atoms with E-state index in [-0.39, 0.29) is 42.7 Å². The Morgan fingerprint density at radius 3 is 2.40 bits per heavy atom. The number of hydrogen-bond acceptors (Lipinski definition) is 5. The van der Waals surface area contributed by atoms with Crippen molar-refractivity contribution in [3.05, 3.63) is 35.4 Å². The Labute approximate surface area is 145 Å². The fraction of sp³-hybridized carbons (Fsp3) is 0.556. The van der Waals surface area contributed by atoms with E-state index in [1.807, 2.05) is 31.2 Å². The molecular formula is C18H23NO6. The van der Waals surface area contributed by atoms with Gasteiger partial charge in [0.05, 0.1) is 24.7 Å². The SMILES string of the molecule is Cc1ccc(C2(C(=O)N[C@@H]3CO[C@H]4[C@@H]3OC[C@H]4O)CC2)cc1.O=CO. The second-order valence-electron chi connectivity index (χ2n) is 6.80. The summed E-state index contributed by atoms with van der Waals surface area (Å²) in [6.45, 7) is 2.48. The maximum absolute atomic E-state index is 12.8. The molecule has 3 fully saturated rings. The van der Waals surface area contributed by atoms with Gasteiger partial charge in [-0.2, -0.15) is 0 Å². The fourth-order valence-corrected chi connectivity index (χ4v) is 3.55. The Balaban J connectivity index is 0.000000569. The highest BCUT2D eigenvalue weighted by atomic mass is 16.6. The smallest absolute Gasteiger partial charge is 0.290 e. The number of carbonyl (C=O) groups excluding carboxylic acids is 1. The summed E-state index contributed by atoms with van der Waals surface area (Å²) in [5.74, 6) is 0.0515. The lowest BCUT2D eigenvalue weighted by atomic mass is 9.93. The number of fused-ring (bicyclic) bond motifs is 1. The third-order valence-corrected chi connectivity index (χ3v) is 5.13. The molecule has 0 bridgehead atoms. The summed E-state index contributed by atoms with van der Waals surface area (Å²) in [6.07, 6.45) is 0.645. The molecule has 4 atom stereocenters. The summed E-state index contributed by atoms with van der Waals surface area (Å²) in [6, 6.07) is 8.02. The maximum atomic E-state index is 12.8. The average Bonchev–Trinajstić information content (AvgIpc) is 3.19. The van der Waals surface area contributed by atoms with Crippen molar-refractivity contribution in [1.29, 1.82) is 0 Å². The summed E-state index contributed by atoms with van der Waals surface area (Å²) >= 11 is 0. The molecule has 2 aliphatic heterocycles. The average molecular weight is 349 g/mol. The molecule has 136 valence electrons. The quantitative estimate of drug-likeness (QED) is 0.681. The lowest BCUT2D eigenvalue weighted by Crippen LogP contribution is -2.48. The first-order valence-electron chi connectivity index (χ1n) is 8.39. The minimum Gasteiger partial charge on any atom is -0.483 e. The van der Waals surface area contributed by atoms with Gasteiger partial charge in [-0.15, -0.1) is 0 Å². The molecular weight excluding hydrogens is 326 g/mol. The Kier molecular flexibility index (Phi) is 5.08. The normalized spacial score (nSPS) is 31.4. The van der Waals surface area contributed by atoms with E-state index in [9.17, 15) is 9.90 Å². The number of rotatable bonds is 3. The van der Waals surface area contributed by atoms with Crippen molar-refractivity contribution in [2.45, 2.75) is 49.5 Å². The molecule has 0 radical (unpaired) electrons. The monoisotopic (exact) mass is 349 g/mol. The van der Waals surface area contributed by atoms with Crippen molar-refractivity contribution in [2.24, 2.45) is 0 Å². The van der Waals surface area contributed by atoms with Crippen LogP contribution in [0.2, 0.25) is 0 Å². The van der Waals surface area contributed by atoms with Gasteiger partial charge < -0.3 is 25.0 Å². The van der Waals surface area contributed by atoms with Gasteiger partial charge in [0.1, 0.15) is 18.3 Å². The van der Waals surface area contributed by atoms with Crippen LogP contribution in [-0.4, -0.2) is 60.2 Å². The van der Waals surface area contributed by atoms with Crippen LogP contribution in [0, 0.1) is 6.92 Å². The van der Waals surface area contributed by atoms with Crippen LogP contribution in [0.3, 0.4) is 0 Å². The Hall–Kier alpha value is -1.96. The van der Waals surface area contributed by atoms with Crippen LogP contribution in [0.1, 0.15) is 24.0 Å². The number of aliphatic hydroxyl groups is 1. The van der Waals surface area contributed by atoms with Gasteiger partial charge in [0.25, 0.3) is 6.47 Å². The molecule has 7 nitrogen and oxygen atoms in total. The van der Waals surface area contributed by atoms with Crippen LogP contribution in [0.25, 0.3) is 0 Å². The minimum absolute atomic E-state index is 0.0515. The largest absolute Gasteiger partial charge is 0.483 e. The summed E-state index contributed by atoms with van der Waals surface area (Å²) in [4.78, 5) is 21.1.